The number of hydrogen-bond acceptors (Lipinski definition) is 3. The van der Waals surface area contributed by atoms with E-state index in [1.54, 1.807) is 27.9 Å². The van der Waals surface area contributed by atoms with Crippen LogP contribution in [0.2, 0.25) is 0 Å². The highest BCUT2D eigenvalue weighted by molar-refractivity contribution is 7.86. The van der Waals surface area contributed by atoms with Gasteiger partial charge in [0.25, 0.3) is 10.2 Å². The fourth-order valence-corrected chi connectivity index (χ4v) is 2.07. The van der Waals surface area contributed by atoms with Crippen LogP contribution in [0, 0.1) is 0 Å². The van der Waals surface area contributed by atoms with Crippen molar-refractivity contribution in [2.24, 2.45) is 5.73 Å². The lowest BCUT2D eigenvalue weighted by Crippen LogP contribution is -2.46. The van der Waals surface area contributed by atoms with E-state index in [4.69, 9.17) is 5.73 Å². The smallest absolute Gasteiger partial charge is 0.281 e. The van der Waals surface area contributed by atoms with Crippen LogP contribution >= 0.6 is 12.4 Å². The van der Waals surface area contributed by atoms with E-state index in [2.05, 4.69) is 0 Å². The Morgan fingerprint density at radius 1 is 1.36 bits per heavy atom. The van der Waals surface area contributed by atoms with Crippen LogP contribution in [0.4, 0.5) is 0 Å². The topological polar surface area (TPSA) is 66.6 Å². The molecular weight excluding hydrogens is 226 g/mol. The average molecular weight is 246 g/mol. The summed E-state index contributed by atoms with van der Waals surface area (Å²) in [5.74, 6) is 0. The fraction of sp³-hybridized carbons (Fsp3) is 1.00. The molecule has 0 aliphatic rings. The summed E-state index contributed by atoms with van der Waals surface area (Å²) in [4.78, 5) is 0. The first-order chi connectivity index (χ1) is 5.87. The number of hydrogen-bond donors (Lipinski definition) is 1. The molecule has 0 amide bonds. The summed E-state index contributed by atoms with van der Waals surface area (Å²) in [7, 11) is -0.222. The highest BCUT2D eigenvalue weighted by Crippen LogP contribution is 2.06. The summed E-state index contributed by atoms with van der Waals surface area (Å²) < 4.78 is 25.9. The van der Waals surface area contributed by atoms with Gasteiger partial charge in [0.2, 0.25) is 0 Å². The average Bonchev–Trinajstić information content (AvgIpc) is 2.13. The molecule has 0 bridgehead atoms. The minimum Gasteiger partial charge on any atom is -0.329 e. The predicted octanol–water partition coefficient (Wildman–Crippen LogP) is -0.116. The Morgan fingerprint density at radius 3 is 2.07 bits per heavy atom. The maximum absolute atomic E-state index is 11.7. The molecule has 14 heavy (non-hydrogen) atoms. The van der Waals surface area contributed by atoms with E-state index in [0.717, 1.165) is 0 Å². The van der Waals surface area contributed by atoms with Gasteiger partial charge >= 0.3 is 0 Å². The van der Waals surface area contributed by atoms with Gasteiger partial charge in [-0.05, 0) is 6.92 Å². The molecule has 0 fully saturated rings. The van der Waals surface area contributed by atoms with Crippen molar-refractivity contribution in [3.8, 4) is 0 Å². The van der Waals surface area contributed by atoms with Crippen LogP contribution in [-0.4, -0.2) is 50.3 Å². The lowest BCUT2D eigenvalue weighted by atomic mass is 10.4. The summed E-state index contributed by atoms with van der Waals surface area (Å²) in [6.07, 6.45) is 0. The molecule has 0 radical (unpaired) electrons. The summed E-state index contributed by atoms with van der Waals surface area (Å²) in [6, 6.07) is -0.168. The van der Waals surface area contributed by atoms with Gasteiger partial charge in [-0.1, -0.05) is 6.92 Å². The second kappa shape index (κ2) is 6.58. The molecule has 0 heterocycles. The van der Waals surface area contributed by atoms with Crippen molar-refractivity contribution >= 4 is 22.6 Å². The fourth-order valence-electron chi connectivity index (χ4n) is 0.759. The highest BCUT2D eigenvalue weighted by Gasteiger charge is 2.25. The first-order valence-corrected chi connectivity index (χ1v) is 5.67. The molecule has 5 nitrogen and oxygen atoms in total. The van der Waals surface area contributed by atoms with E-state index < -0.39 is 10.2 Å². The van der Waals surface area contributed by atoms with Gasteiger partial charge in [0.15, 0.2) is 0 Å². The molecule has 88 valence electrons. The van der Waals surface area contributed by atoms with Crippen LogP contribution in [0.1, 0.15) is 13.8 Å². The van der Waals surface area contributed by atoms with Gasteiger partial charge in [0.05, 0.1) is 0 Å². The summed E-state index contributed by atoms with van der Waals surface area (Å²) in [6.45, 7) is 4.36. The van der Waals surface area contributed by atoms with E-state index >= 15 is 0 Å². The van der Waals surface area contributed by atoms with Gasteiger partial charge in [-0.25, -0.2) is 0 Å². The first kappa shape index (κ1) is 16.5. The normalized spacial score (nSPS) is 14.2. The third-order valence-electron chi connectivity index (χ3n) is 2.16. The van der Waals surface area contributed by atoms with E-state index in [1.807, 2.05) is 0 Å². The van der Waals surface area contributed by atoms with Gasteiger partial charge in [-0.2, -0.15) is 17.0 Å². The zero-order valence-corrected chi connectivity index (χ0v) is 10.7. The van der Waals surface area contributed by atoms with Crippen molar-refractivity contribution in [2.75, 3.05) is 27.2 Å². The maximum atomic E-state index is 11.7. The number of nitrogens with zero attached hydrogens (tertiary/aromatic N) is 2. The monoisotopic (exact) mass is 245 g/mol. The molecule has 0 spiro atoms. The Morgan fingerprint density at radius 2 is 1.79 bits per heavy atom. The van der Waals surface area contributed by atoms with Crippen molar-refractivity contribution in [2.45, 2.75) is 19.9 Å². The SMILES string of the molecule is CCN(C)S(=O)(=O)N(C)C(C)CN.Cl. The Bertz CT molecular complexity index is 245. The van der Waals surface area contributed by atoms with Crippen molar-refractivity contribution in [1.82, 2.24) is 8.61 Å². The van der Waals surface area contributed by atoms with E-state index in [9.17, 15) is 8.42 Å². The van der Waals surface area contributed by atoms with E-state index in [0.29, 0.717) is 13.1 Å². The number of nitrogens with two attached hydrogens (primary N) is 1. The van der Waals surface area contributed by atoms with Crippen molar-refractivity contribution < 1.29 is 8.42 Å². The molecule has 0 saturated heterocycles. The van der Waals surface area contributed by atoms with E-state index in [-0.39, 0.29) is 18.4 Å². The Hall–Kier alpha value is 0.120. The highest BCUT2D eigenvalue weighted by atomic mass is 35.5. The molecule has 0 aromatic heterocycles. The van der Waals surface area contributed by atoms with Crippen LogP contribution in [0.3, 0.4) is 0 Å². The molecular formula is C7H20ClN3O2S. The van der Waals surface area contributed by atoms with Gasteiger partial charge in [-0.3, -0.25) is 0 Å². The van der Waals surface area contributed by atoms with Crippen LogP contribution < -0.4 is 5.73 Å². The van der Waals surface area contributed by atoms with Crippen LogP contribution in [0.25, 0.3) is 0 Å². The quantitative estimate of drug-likeness (QED) is 0.735. The third kappa shape index (κ3) is 3.70. The molecule has 0 aliphatic heterocycles. The third-order valence-corrected chi connectivity index (χ3v) is 4.30. The zero-order valence-electron chi connectivity index (χ0n) is 9.10. The molecule has 1 atom stereocenters. The van der Waals surface area contributed by atoms with Crippen molar-refractivity contribution in [1.29, 1.82) is 0 Å². The van der Waals surface area contributed by atoms with E-state index in [1.165, 1.54) is 8.61 Å². The van der Waals surface area contributed by atoms with Gasteiger partial charge < -0.3 is 5.73 Å². The van der Waals surface area contributed by atoms with Gasteiger partial charge in [0.1, 0.15) is 0 Å². The zero-order chi connectivity index (χ0) is 10.6. The maximum Gasteiger partial charge on any atom is 0.281 e. The molecule has 0 rings (SSSR count). The second-order valence-electron chi connectivity index (χ2n) is 3.02. The molecule has 2 N–H and O–H groups in total. The first-order valence-electron chi connectivity index (χ1n) is 4.27. The summed E-state index contributed by atoms with van der Waals surface area (Å²) in [5.41, 5.74) is 5.39. The van der Waals surface area contributed by atoms with Crippen LogP contribution in [-0.2, 0) is 10.2 Å². The lowest BCUT2D eigenvalue weighted by molar-refractivity contribution is 0.352. The van der Waals surface area contributed by atoms with Crippen LogP contribution in [0.15, 0.2) is 0 Å². The predicted molar refractivity (Wildman–Crippen MR) is 60.8 cm³/mol. The van der Waals surface area contributed by atoms with Crippen molar-refractivity contribution in [3.05, 3.63) is 0 Å². The summed E-state index contributed by atoms with van der Waals surface area (Å²) in [5, 5.41) is 0. The van der Waals surface area contributed by atoms with Gasteiger partial charge in [-0.15, -0.1) is 12.4 Å². The minimum absolute atomic E-state index is 0. The number of halogens is 1. The minimum atomic E-state index is -3.31. The van der Waals surface area contributed by atoms with Crippen molar-refractivity contribution in [3.63, 3.8) is 0 Å². The Balaban J connectivity index is 0. The molecule has 0 aliphatic carbocycles. The molecule has 0 aromatic carbocycles. The Labute approximate surface area is 92.8 Å². The summed E-state index contributed by atoms with van der Waals surface area (Å²) >= 11 is 0. The Kier molecular flexibility index (Phi) is 7.77. The molecule has 7 heteroatoms. The molecule has 0 aromatic rings. The lowest BCUT2D eigenvalue weighted by Gasteiger charge is -2.27. The van der Waals surface area contributed by atoms with Gasteiger partial charge in [0, 0.05) is 33.2 Å². The molecule has 1 unspecified atom stereocenters. The second-order valence-corrected chi connectivity index (χ2v) is 5.12. The standard InChI is InChI=1S/C7H19N3O2S.ClH/c1-5-9(3)13(11,12)10(4)7(2)6-8;/h7H,5-6,8H2,1-4H3;1H. The van der Waals surface area contributed by atoms with Crippen LogP contribution in [0.5, 0.6) is 0 Å². The number of rotatable bonds is 5. The largest absolute Gasteiger partial charge is 0.329 e. The molecule has 0 saturated carbocycles. The number of likely N-dealkylation sites (N-methyl/N-ethyl adjacent to an activating group) is 1.